The number of carbonyl (C=O) groups excluding carboxylic acids is 2. The van der Waals surface area contributed by atoms with Gasteiger partial charge < -0.3 is 20.0 Å². The van der Waals surface area contributed by atoms with Gasteiger partial charge in [0, 0.05) is 50.6 Å². The Kier molecular flexibility index (Phi) is 6.82. The lowest BCUT2D eigenvalue weighted by molar-refractivity contribution is 0.0767. The minimum Gasteiger partial charge on any atom is -0.369 e. The van der Waals surface area contributed by atoms with Crippen LogP contribution < -0.4 is 10.2 Å². The summed E-state index contributed by atoms with van der Waals surface area (Å²) in [6.07, 6.45) is 0. The maximum Gasteiger partial charge on any atom is 0.274 e. The highest BCUT2D eigenvalue weighted by atomic mass is 16.2. The SMILES string of the molecule is CCN(CC)C(=O)c1cccc(C(=O)Nc2ccc(N3CCN(C)CC3)cc2)n1. The number of hydrogen-bond donors (Lipinski definition) is 1. The van der Waals surface area contributed by atoms with Gasteiger partial charge in [0.1, 0.15) is 11.4 Å². The van der Waals surface area contributed by atoms with Crippen LogP contribution in [0.5, 0.6) is 0 Å². The van der Waals surface area contributed by atoms with Crippen molar-refractivity contribution in [2.24, 2.45) is 0 Å². The molecular formula is C22H29N5O2. The quantitative estimate of drug-likeness (QED) is 0.814. The Morgan fingerprint density at radius 3 is 2.21 bits per heavy atom. The molecule has 0 aliphatic carbocycles. The van der Waals surface area contributed by atoms with Crippen LogP contribution in [0.4, 0.5) is 11.4 Å². The Hall–Kier alpha value is -2.93. The molecule has 0 spiro atoms. The van der Waals surface area contributed by atoms with Crippen molar-refractivity contribution in [3.63, 3.8) is 0 Å². The molecule has 0 radical (unpaired) electrons. The van der Waals surface area contributed by atoms with Crippen molar-refractivity contribution in [2.45, 2.75) is 13.8 Å². The average Bonchev–Trinajstić information content (AvgIpc) is 2.76. The molecule has 1 aromatic carbocycles. The fourth-order valence-corrected chi connectivity index (χ4v) is 3.37. The van der Waals surface area contributed by atoms with E-state index in [1.807, 2.05) is 38.1 Å². The molecule has 29 heavy (non-hydrogen) atoms. The number of rotatable bonds is 6. The van der Waals surface area contributed by atoms with Crippen molar-refractivity contribution < 1.29 is 9.59 Å². The van der Waals surface area contributed by atoms with Crippen molar-refractivity contribution in [1.29, 1.82) is 0 Å². The molecule has 1 aromatic heterocycles. The number of anilines is 2. The first-order valence-corrected chi connectivity index (χ1v) is 10.1. The molecule has 2 heterocycles. The molecule has 2 amide bonds. The molecule has 154 valence electrons. The lowest BCUT2D eigenvalue weighted by atomic mass is 10.2. The summed E-state index contributed by atoms with van der Waals surface area (Å²) in [7, 11) is 2.13. The lowest BCUT2D eigenvalue weighted by Gasteiger charge is -2.34. The highest BCUT2D eigenvalue weighted by Gasteiger charge is 2.17. The predicted octanol–water partition coefficient (Wildman–Crippen LogP) is 2.57. The molecule has 1 aliphatic rings. The third kappa shape index (κ3) is 5.12. The van der Waals surface area contributed by atoms with Crippen LogP contribution in [0.3, 0.4) is 0 Å². The van der Waals surface area contributed by atoms with Crippen LogP contribution in [0.25, 0.3) is 0 Å². The molecule has 0 atom stereocenters. The van der Waals surface area contributed by atoms with Crippen LogP contribution in [0, 0.1) is 0 Å². The zero-order valence-corrected chi connectivity index (χ0v) is 17.4. The van der Waals surface area contributed by atoms with Gasteiger partial charge >= 0.3 is 0 Å². The number of hydrogen-bond acceptors (Lipinski definition) is 5. The average molecular weight is 396 g/mol. The molecule has 7 heteroatoms. The molecule has 2 aromatic rings. The Bertz CT molecular complexity index is 841. The van der Waals surface area contributed by atoms with E-state index in [0.717, 1.165) is 31.9 Å². The van der Waals surface area contributed by atoms with Crippen LogP contribution in [0.15, 0.2) is 42.5 Å². The van der Waals surface area contributed by atoms with E-state index in [1.54, 1.807) is 23.1 Å². The van der Waals surface area contributed by atoms with Crippen LogP contribution in [-0.2, 0) is 0 Å². The molecule has 1 N–H and O–H groups in total. The number of amides is 2. The number of benzene rings is 1. The van der Waals surface area contributed by atoms with Crippen LogP contribution in [0.2, 0.25) is 0 Å². The largest absolute Gasteiger partial charge is 0.369 e. The summed E-state index contributed by atoms with van der Waals surface area (Å²) in [4.78, 5) is 35.7. The van der Waals surface area contributed by atoms with E-state index in [9.17, 15) is 9.59 Å². The van der Waals surface area contributed by atoms with Crippen LogP contribution >= 0.6 is 0 Å². The maximum atomic E-state index is 12.6. The Morgan fingerprint density at radius 2 is 1.59 bits per heavy atom. The minimum atomic E-state index is -0.327. The van der Waals surface area contributed by atoms with E-state index < -0.39 is 0 Å². The van der Waals surface area contributed by atoms with Crippen molar-refractivity contribution in [1.82, 2.24) is 14.8 Å². The number of carbonyl (C=O) groups is 2. The van der Waals surface area contributed by atoms with Crippen molar-refractivity contribution in [3.8, 4) is 0 Å². The second kappa shape index (κ2) is 9.52. The van der Waals surface area contributed by atoms with Crippen molar-refractivity contribution in [2.75, 3.05) is 56.5 Å². The van der Waals surface area contributed by atoms with Crippen LogP contribution in [-0.4, -0.2) is 72.9 Å². The van der Waals surface area contributed by atoms with E-state index in [-0.39, 0.29) is 23.2 Å². The molecule has 1 saturated heterocycles. The van der Waals surface area contributed by atoms with Gasteiger partial charge in [-0.05, 0) is 57.3 Å². The van der Waals surface area contributed by atoms with Crippen LogP contribution in [0.1, 0.15) is 34.8 Å². The van der Waals surface area contributed by atoms with Gasteiger partial charge in [-0.15, -0.1) is 0 Å². The number of pyridine rings is 1. The summed E-state index contributed by atoms with van der Waals surface area (Å²) < 4.78 is 0. The zero-order valence-electron chi connectivity index (χ0n) is 17.4. The third-order valence-electron chi connectivity index (χ3n) is 5.25. The molecule has 0 saturated carbocycles. The normalized spacial score (nSPS) is 14.5. The first-order chi connectivity index (χ1) is 14.0. The topological polar surface area (TPSA) is 68.8 Å². The van der Waals surface area contributed by atoms with E-state index in [2.05, 4.69) is 27.1 Å². The van der Waals surface area contributed by atoms with E-state index in [4.69, 9.17) is 0 Å². The van der Waals surface area contributed by atoms with E-state index in [1.165, 1.54) is 0 Å². The summed E-state index contributed by atoms with van der Waals surface area (Å²) >= 11 is 0. The van der Waals surface area contributed by atoms with Crippen molar-refractivity contribution >= 4 is 23.2 Å². The van der Waals surface area contributed by atoms with Gasteiger partial charge in [-0.2, -0.15) is 0 Å². The molecule has 1 fully saturated rings. The van der Waals surface area contributed by atoms with Gasteiger partial charge in [-0.3, -0.25) is 9.59 Å². The standard InChI is InChI=1S/C22H29N5O2/c1-4-26(5-2)22(29)20-8-6-7-19(24-20)21(28)23-17-9-11-18(12-10-17)27-15-13-25(3)14-16-27/h6-12H,4-5,13-16H2,1-3H3,(H,23,28). The third-order valence-corrected chi connectivity index (χ3v) is 5.25. The van der Waals surface area contributed by atoms with Gasteiger partial charge in [-0.1, -0.05) is 6.07 Å². The van der Waals surface area contributed by atoms with E-state index >= 15 is 0 Å². The highest BCUT2D eigenvalue weighted by Crippen LogP contribution is 2.19. The molecule has 1 aliphatic heterocycles. The number of nitrogens with one attached hydrogen (secondary N) is 1. The summed E-state index contributed by atoms with van der Waals surface area (Å²) in [6, 6.07) is 12.8. The van der Waals surface area contributed by atoms with Gasteiger partial charge in [0.05, 0.1) is 0 Å². The highest BCUT2D eigenvalue weighted by molar-refractivity contribution is 6.03. The number of piperazine rings is 1. The second-order valence-electron chi connectivity index (χ2n) is 7.18. The molecule has 0 bridgehead atoms. The Morgan fingerprint density at radius 1 is 0.966 bits per heavy atom. The number of nitrogens with zero attached hydrogens (tertiary/aromatic N) is 4. The van der Waals surface area contributed by atoms with Crippen molar-refractivity contribution in [3.05, 3.63) is 53.9 Å². The van der Waals surface area contributed by atoms with Gasteiger partial charge in [-0.25, -0.2) is 4.98 Å². The summed E-state index contributed by atoms with van der Waals surface area (Å²) in [6.45, 7) is 9.14. The first kappa shape index (κ1) is 20.8. The van der Waals surface area contributed by atoms with E-state index in [0.29, 0.717) is 18.8 Å². The Balaban J connectivity index is 1.66. The number of likely N-dealkylation sites (N-methyl/N-ethyl adjacent to an activating group) is 1. The smallest absolute Gasteiger partial charge is 0.274 e. The molecule has 0 unspecified atom stereocenters. The maximum absolute atomic E-state index is 12.6. The lowest BCUT2D eigenvalue weighted by Crippen LogP contribution is -2.44. The van der Waals surface area contributed by atoms with Gasteiger partial charge in [0.15, 0.2) is 0 Å². The predicted molar refractivity (Wildman–Crippen MR) is 116 cm³/mol. The van der Waals surface area contributed by atoms with Gasteiger partial charge in [0.25, 0.3) is 11.8 Å². The summed E-state index contributed by atoms with van der Waals surface area (Å²) in [5.41, 5.74) is 2.37. The fraction of sp³-hybridized carbons (Fsp3) is 0.409. The second-order valence-corrected chi connectivity index (χ2v) is 7.18. The zero-order chi connectivity index (χ0) is 20.8. The number of aromatic nitrogens is 1. The summed E-state index contributed by atoms with van der Waals surface area (Å²) in [5.74, 6) is -0.493. The molecule has 3 rings (SSSR count). The minimum absolute atomic E-state index is 0.166. The van der Waals surface area contributed by atoms with Gasteiger partial charge in [0.2, 0.25) is 0 Å². The monoisotopic (exact) mass is 395 g/mol. The molecular weight excluding hydrogens is 366 g/mol. The fourth-order valence-electron chi connectivity index (χ4n) is 3.37. The Labute approximate surface area is 172 Å². The molecule has 7 nitrogen and oxygen atoms in total. The first-order valence-electron chi connectivity index (χ1n) is 10.1. The summed E-state index contributed by atoms with van der Waals surface area (Å²) in [5, 5.41) is 2.87.